The molecule has 6 heteroatoms. The summed E-state index contributed by atoms with van der Waals surface area (Å²) in [5.74, 6) is -1.62. The number of benzene rings is 1. The number of carbonyl (C=O) groups excluding carboxylic acids is 2. The summed E-state index contributed by atoms with van der Waals surface area (Å²) in [7, 11) is 1.51. The van der Waals surface area contributed by atoms with Gasteiger partial charge in [-0.1, -0.05) is 32.9 Å². The van der Waals surface area contributed by atoms with Crippen molar-refractivity contribution in [3.8, 4) is 0 Å². The molecule has 23 heavy (non-hydrogen) atoms. The van der Waals surface area contributed by atoms with Gasteiger partial charge in [0.15, 0.2) is 0 Å². The lowest BCUT2D eigenvalue weighted by Gasteiger charge is -2.19. The van der Waals surface area contributed by atoms with E-state index in [9.17, 15) is 14.4 Å². The van der Waals surface area contributed by atoms with Crippen LogP contribution in [0.3, 0.4) is 0 Å². The Morgan fingerprint density at radius 1 is 1.13 bits per heavy atom. The molecule has 0 heterocycles. The maximum atomic E-state index is 12.0. The predicted octanol–water partition coefficient (Wildman–Crippen LogP) is 1.65. The van der Waals surface area contributed by atoms with E-state index in [1.807, 2.05) is 12.1 Å². The number of rotatable bonds is 6. The van der Waals surface area contributed by atoms with Crippen molar-refractivity contribution in [3.05, 3.63) is 35.4 Å². The lowest BCUT2D eigenvalue weighted by atomic mass is 9.87. The molecule has 126 valence electrons. The van der Waals surface area contributed by atoms with Gasteiger partial charge in [0.1, 0.15) is 0 Å². The van der Waals surface area contributed by atoms with E-state index in [4.69, 9.17) is 5.11 Å². The van der Waals surface area contributed by atoms with Gasteiger partial charge in [0.25, 0.3) is 5.91 Å². The Labute approximate surface area is 136 Å². The van der Waals surface area contributed by atoms with E-state index in [1.54, 1.807) is 12.1 Å². The van der Waals surface area contributed by atoms with Crippen LogP contribution in [-0.2, 0) is 15.0 Å². The molecule has 0 atom stereocenters. The third kappa shape index (κ3) is 6.10. The van der Waals surface area contributed by atoms with Gasteiger partial charge >= 0.3 is 5.97 Å². The number of carboxylic acids is 1. The van der Waals surface area contributed by atoms with E-state index in [1.165, 1.54) is 11.9 Å². The van der Waals surface area contributed by atoms with Crippen LogP contribution in [0.15, 0.2) is 24.3 Å². The van der Waals surface area contributed by atoms with E-state index < -0.39 is 5.97 Å². The van der Waals surface area contributed by atoms with E-state index in [-0.39, 0.29) is 36.7 Å². The molecule has 1 aromatic carbocycles. The second kappa shape index (κ2) is 7.76. The molecule has 0 saturated carbocycles. The van der Waals surface area contributed by atoms with Crippen LogP contribution >= 0.6 is 0 Å². The summed E-state index contributed by atoms with van der Waals surface area (Å²) >= 11 is 0. The SMILES string of the molecule is CN(CCC(=O)O)C(=O)CNC(=O)c1ccc(C(C)(C)C)cc1. The quantitative estimate of drug-likeness (QED) is 0.834. The highest BCUT2D eigenvalue weighted by Crippen LogP contribution is 2.22. The molecule has 0 aliphatic carbocycles. The molecule has 2 N–H and O–H groups in total. The monoisotopic (exact) mass is 320 g/mol. The third-order valence-electron chi connectivity index (χ3n) is 3.50. The highest BCUT2D eigenvalue weighted by molar-refractivity contribution is 5.96. The van der Waals surface area contributed by atoms with Crippen molar-refractivity contribution in [2.45, 2.75) is 32.6 Å². The third-order valence-corrected chi connectivity index (χ3v) is 3.50. The van der Waals surface area contributed by atoms with Gasteiger partial charge in [-0.3, -0.25) is 14.4 Å². The summed E-state index contributed by atoms with van der Waals surface area (Å²) < 4.78 is 0. The van der Waals surface area contributed by atoms with E-state index in [0.29, 0.717) is 5.56 Å². The van der Waals surface area contributed by atoms with Crippen LogP contribution in [0, 0.1) is 0 Å². The van der Waals surface area contributed by atoms with Crippen LogP contribution in [0.1, 0.15) is 43.1 Å². The molecule has 0 saturated heterocycles. The summed E-state index contributed by atoms with van der Waals surface area (Å²) in [4.78, 5) is 35.6. The maximum absolute atomic E-state index is 12.0. The van der Waals surface area contributed by atoms with Crippen molar-refractivity contribution in [1.82, 2.24) is 10.2 Å². The van der Waals surface area contributed by atoms with Gasteiger partial charge in [-0.25, -0.2) is 0 Å². The average molecular weight is 320 g/mol. The summed E-state index contributed by atoms with van der Waals surface area (Å²) in [5, 5.41) is 11.1. The smallest absolute Gasteiger partial charge is 0.305 e. The number of carboxylic acid groups (broad SMARTS) is 1. The van der Waals surface area contributed by atoms with Crippen molar-refractivity contribution < 1.29 is 19.5 Å². The molecule has 0 fully saturated rings. The normalized spacial score (nSPS) is 11.0. The zero-order valence-electron chi connectivity index (χ0n) is 14.0. The van der Waals surface area contributed by atoms with Gasteiger partial charge < -0.3 is 15.3 Å². The standard InChI is InChI=1S/C17H24N2O4/c1-17(2,3)13-7-5-12(6-8-13)16(23)18-11-14(20)19(4)10-9-15(21)22/h5-8H,9-11H2,1-4H3,(H,18,23)(H,21,22). The molecule has 0 unspecified atom stereocenters. The van der Waals surface area contributed by atoms with Crippen molar-refractivity contribution in [1.29, 1.82) is 0 Å². The molecule has 0 radical (unpaired) electrons. The number of likely N-dealkylation sites (N-methyl/N-ethyl adjacent to an activating group) is 1. The molecule has 0 bridgehead atoms. The van der Waals surface area contributed by atoms with Gasteiger partial charge in [0.2, 0.25) is 5.91 Å². The highest BCUT2D eigenvalue weighted by atomic mass is 16.4. The molecule has 0 spiro atoms. The van der Waals surface area contributed by atoms with Gasteiger partial charge in [0, 0.05) is 19.2 Å². The van der Waals surface area contributed by atoms with Crippen molar-refractivity contribution in [2.24, 2.45) is 0 Å². The Kier molecular flexibility index (Phi) is 6.30. The topological polar surface area (TPSA) is 86.7 Å². The van der Waals surface area contributed by atoms with Crippen LogP contribution in [-0.4, -0.2) is 47.9 Å². The fraction of sp³-hybridized carbons (Fsp3) is 0.471. The number of hydrogen-bond acceptors (Lipinski definition) is 3. The largest absolute Gasteiger partial charge is 0.481 e. The number of carbonyl (C=O) groups is 3. The molecule has 6 nitrogen and oxygen atoms in total. The first-order chi connectivity index (χ1) is 10.6. The lowest BCUT2D eigenvalue weighted by molar-refractivity contribution is -0.138. The molecule has 1 rings (SSSR count). The minimum absolute atomic E-state index is 0.0117. The minimum Gasteiger partial charge on any atom is -0.481 e. The highest BCUT2D eigenvalue weighted by Gasteiger charge is 2.15. The van der Waals surface area contributed by atoms with Crippen LogP contribution in [0.25, 0.3) is 0 Å². The van der Waals surface area contributed by atoms with Gasteiger partial charge in [-0.2, -0.15) is 0 Å². The maximum Gasteiger partial charge on any atom is 0.305 e. The minimum atomic E-state index is -0.965. The number of hydrogen-bond donors (Lipinski definition) is 2. The molecule has 0 aliphatic heterocycles. The van der Waals surface area contributed by atoms with Gasteiger partial charge in [-0.15, -0.1) is 0 Å². The molecular formula is C17H24N2O4. The first-order valence-corrected chi connectivity index (χ1v) is 7.46. The number of amides is 2. The first kappa shape index (κ1) is 18.7. The van der Waals surface area contributed by atoms with Crippen molar-refractivity contribution >= 4 is 17.8 Å². The summed E-state index contributed by atoms with van der Waals surface area (Å²) in [6, 6.07) is 7.26. The second-order valence-corrected chi connectivity index (χ2v) is 6.47. The van der Waals surface area contributed by atoms with E-state index in [2.05, 4.69) is 26.1 Å². The average Bonchev–Trinajstić information content (AvgIpc) is 2.49. The molecule has 0 aliphatic rings. The summed E-state index contributed by atoms with van der Waals surface area (Å²) in [6.07, 6.45) is -0.121. The van der Waals surface area contributed by atoms with Crippen LogP contribution < -0.4 is 5.32 Å². The number of aliphatic carboxylic acids is 1. The Balaban J connectivity index is 2.53. The molecule has 1 aromatic rings. The Morgan fingerprint density at radius 3 is 2.17 bits per heavy atom. The van der Waals surface area contributed by atoms with Crippen LogP contribution in [0.4, 0.5) is 0 Å². The van der Waals surface area contributed by atoms with Crippen molar-refractivity contribution in [3.63, 3.8) is 0 Å². The molecule has 0 aromatic heterocycles. The zero-order chi connectivity index (χ0) is 17.6. The summed E-state index contributed by atoms with van der Waals surface area (Å²) in [5.41, 5.74) is 1.62. The number of nitrogens with one attached hydrogen (secondary N) is 1. The van der Waals surface area contributed by atoms with E-state index >= 15 is 0 Å². The van der Waals surface area contributed by atoms with Crippen LogP contribution in [0.5, 0.6) is 0 Å². The fourth-order valence-electron chi connectivity index (χ4n) is 1.90. The lowest BCUT2D eigenvalue weighted by Crippen LogP contribution is -2.39. The molecular weight excluding hydrogens is 296 g/mol. The zero-order valence-corrected chi connectivity index (χ0v) is 14.0. The Bertz CT molecular complexity index is 573. The predicted molar refractivity (Wildman–Crippen MR) is 87.4 cm³/mol. The van der Waals surface area contributed by atoms with E-state index in [0.717, 1.165) is 5.56 Å². The van der Waals surface area contributed by atoms with Crippen LogP contribution in [0.2, 0.25) is 0 Å². The first-order valence-electron chi connectivity index (χ1n) is 7.46. The summed E-state index contributed by atoms with van der Waals surface area (Å²) in [6.45, 7) is 6.23. The Hall–Kier alpha value is -2.37. The number of nitrogens with zero attached hydrogens (tertiary/aromatic N) is 1. The van der Waals surface area contributed by atoms with Crippen molar-refractivity contribution in [2.75, 3.05) is 20.1 Å². The molecule has 2 amide bonds. The van der Waals surface area contributed by atoms with Gasteiger partial charge in [0.05, 0.1) is 13.0 Å². The fourth-order valence-corrected chi connectivity index (χ4v) is 1.90. The van der Waals surface area contributed by atoms with Gasteiger partial charge in [-0.05, 0) is 23.1 Å². The second-order valence-electron chi connectivity index (χ2n) is 6.47. The Morgan fingerprint density at radius 2 is 1.70 bits per heavy atom.